The van der Waals surface area contributed by atoms with Crippen molar-refractivity contribution in [1.29, 1.82) is 0 Å². The Hall–Kier alpha value is -2.76. The highest BCUT2D eigenvalue weighted by Gasteiger charge is 2.39. The van der Waals surface area contributed by atoms with Crippen LogP contribution in [0.1, 0.15) is 34.3 Å². The number of aliphatic hydroxyl groups is 1. The van der Waals surface area contributed by atoms with E-state index in [1.54, 1.807) is 23.2 Å². The Bertz CT molecular complexity index is 1440. The summed E-state index contributed by atoms with van der Waals surface area (Å²) in [6.45, 7) is 0.386. The van der Waals surface area contributed by atoms with Crippen LogP contribution in [0.5, 0.6) is 0 Å². The van der Waals surface area contributed by atoms with E-state index in [1.807, 2.05) is 24.3 Å². The van der Waals surface area contributed by atoms with Gasteiger partial charge in [-0.1, -0.05) is 46.7 Å². The van der Waals surface area contributed by atoms with Crippen molar-refractivity contribution in [2.75, 3.05) is 11.9 Å². The highest BCUT2D eigenvalue weighted by Crippen LogP contribution is 2.37. The molecule has 3 heterocycles. The van der Waals surface area contributed by atoms with E-state index in [9.17, 15) is 14.7 Å². The predicted molar refractivity (Wildman–Crippen MR) is 146 cm³/mol. The molecule has 1 fully saturated rings. The number of likely N-dealkylation sites (tertiary alicyclic amines) is 1. The number of fused-ring (bicyclic) bond motifs is 1. The Balaban J connectivity index is 1.30. The summed E-state index contributed by atoms with van der Waals surface area (Å²) in [6.07, 6.45) is 1.67. The molecule has 1 aliphatic heterocycles. The molecule has 8 nitrogen and oxygen atoms in total. The molecule has 2 aromatic heterocycles. The maximum absolute atomic E-state index is 13.3. The first kappa shape index (κ1) is 25.9. The average Bonchev–Trinajstić information content (AvgIpc) is 3.58. The summed E-state index contributed by atoms with van der Waals surface area (Å²) in [6, 6.07) is 10.6. The maximum atomic E-state index is 13.3. The number of thiazole rings is 2. The molecule has 5 rings (SSSR count). The monoisotopic (exact) mass is 576 g/mol. The minimum atomic E-state index is -0.885. The molecule has 2 aromatic carbocycles. The van der Waals surface area contributed by atoms with Crippen LogP contribution in [0.2, 0.25) is 10.0 Å². The largest absolute Gasteiger partial charge is 0.481 e. The number of carbonyl (C=O) groups is 2. The fourth-order valence-electron chi connectivity index (χ4n) is 4.28. The second-order valence-corrected chi connectivity index (χ2v) is 11.7. The number of anilines is 2. The number of hydrogen-bond donors (Lipinski definition) is 3. The summed E-state index contributed by atoms with van der Waals surface area (Å²) in [5.74, 6) is -1.09. The van der Waals surface area contributed by atoms with E-state index in [4.69, 9.17) is 28.3 Å². The Morgan fingerprint density at radius 2 is 1.97 bits per heavy atom. The lowest BCUT2D eigenvalue weighted by molar-refractivity contribution is -0.137. The van der Waals surface area contributed by atoms with E-state index < -0.39 is 18.1 Å². The van der Waals surface area contributed by atoms with E-state index in [1.165, 1.54) is 22.7 Å². The van der Waals surface area contributed by atoms with Gasteiger partial charge in [0, 0.05) is 22.6 Å². The molecule has 2 atom stereocenters. The molecule has 0 radical (unpaired) electrons. The van der Waals surface area contributed by atoms with Crippen LogP contribution >= 0.6 is 45.9 Å². The van der Waals surface area contributed by atoms with Gasteiger partial charge in [-0.05, 0) is 42.7 Å². The third kappa shape index (κ3) is 5.73. The van der Waals surface area contributed by atoms with Crippen molar-refractivity contribution in [2.24, 2.45) is 0 Å². The number of halogens is 2. The van der Waals surface area contributed by atoms with Gasteiger partial charge in [-0.3, -0.25) is 9.59 Å². The van der Waals surface area contributed by atoms with Crippen LogP contribution < -0.4 is 5.32 Å². The van der Waals surface area contributed by atoms with Crippen molar-refractivity contribution in [3.63, 3.8) is 0 Å². The molecule has 0 unspecified atom stereocenters. The van der Waals surface area contributed by atoms with Crippen molar-refractivity contribution in [3.05, 3.63) is 68.1 Å². The molecule has 0 aliphatic carbocycles. The van der Waals surface area contributed by atoms with Gasteiger partial charge in [0.15, 0.2) is 5.13 Å². The highest BCUT2D eigenvalue weighted by molar-refractivity contribution is 7.22. The van der Waals surface area contributed by atoms with Gasteiger partial charge in [0.1, 0.15) is 11.0 Å². The lowest BCUT2D eigenvalue weighted by atomic mass is 10.1. The first-order valence-electron chi connectivity index (χ1n) is 11.5. The van der Waals surface area contributed by atoms with Crippen LogP contribution in [0, 0.1) is 0 Å². The Labute approximate surface area is 230 Å². The predicted octanol–water partition coefficient (Wildman–Crippen LogP) is 5.70. The number of aryl methyl sites for hydroxylation is 1. The van der Waals surface area contributed by atoms with E-state index in [2.05, 4.69) is 15.3 Å². The topological polar surface area (TPSA) is 116 Å². The molecule has 0 bridgehead atoms. The molecular weight excluding hydrogens is 555 g/mol. The molecule has 0 saturated carbocycles. The number of carbonyl (C=O) groups excluding carboxylic acids is 1. The molecule has 1 aliphatic rings. The van der Waals surface area contributed by atoms with E-state index in [0.717, 1.165) is 15.1 Å². The number of aliphatic hydroxyl groups excluding tert-OH is 1. The third-order valence-electron chi connectivity index (χ3n) is 6.11. The van der Waals surface area contributed by atoms with Gasteiger partial charge in [-0.25, -0.2) is 9.97 Å². The van der Waals surface area contributed by atoms with Gasteiger partial charge in [0.05, 0.1) is 39.9 Å². The minimum absolute atomic E-state index is 0.000573. The fraction of sp³-hybridized carbons (Fsp3) is 0.280. The van der Waals surface area contributed by atoms with Crippen molar-refractivity contribution >= 4 is 78.8 Å². The minimum Gasteiger partial charge on any atom is -0.481 e. The summed E-state index contributed by atoms with van der Waals surface area (Å²) >= 11 is 15.9. The number of carboxylic acid groups (broad SMARTS) is 1. The molecular formula is C25H22Cl2N4O4S2. The Kier molecular flexibility index (Phi) is 7.64. The smallest absolute Gasteiger partial charge is 0.303 e. The van der Waals surface area contributed by atoms with Gasteiger partial charge in [0.2, 0.25) is 5.91 Å². The molecule has 1 saturated heterocycles. The van der Waals surface area contributed by atoms with E-state index >= 15 is 0 Å². The van der Waals surface area contributed by atoms with Crippen LogP contribution in [0.25, 0.3) is 10.2 Å². The van der Waals surface area contributed by atoms with Crippen molar-refractivity contribution < 1.29 is 19.8 Å². The molecule has 4 aromatic rings. The second-order valence-electron chi connectivity index (χ2n) is 8.66. The van der Waals surface area contributed by atoms with Crippen LogP contribution in [-0.4, -0.2) is 49.6 Å². The number of hydrogen-bond acceptors (Lipinski definition) is 8. The van der Waals surface area contributed by atoms with Gasteiger partial charge in [0.25, 0.3) is 0 Å². The van der Waals surface area contributed by atoms with Crippen LogP contribution in [0.3, 0.4) is 0 Å². The Morgan fingerprint density at radius 3 is 2.76 bits per heavy atom. The van der Waals surface area contributed by atoms with Crippen molar-refractivity contribution in [2.45, 2.75) is 37.8 Å². The number of aromatic nitrogens is 2. The zero-order valence-corrected chi connectivity index (χ0v) is 22.5. The number of amides is 1. The number of para-hydroxylation sites is 1. The van der Waals surface area contributed by atoms with Gasteiger partial charge < -0.3 is 20.4 Å². The lowest BCUT2D eigenvalue weighted by Crippen LogP contribution is -2.34. The number of nitrogens with zero attached hydrogens (tertiary/aromatic N) is 3. The molecule has 12 heteroatoms. The van der Waals surface area contributed by atoms with Gasteiger partial charge >= 0.3 is 5.97 Å². The average molecular weight is 578 g/mol. The SMILES string of the molecule is O=C(O)CCc1cnc([C@@H]2[C@@H](O)CCN2C(=O)Cc2cc(Cl)c(Nc3nc4ccccc4s3)cc2Cl)s1. The second kappa shape index (κ2) is 10.9. The van der Waals surface area contributed by atoms with Crippen LogP contribution in [0.4, 0.5) is 10.8 Å². The summed E-state index contributed by atoms with van der Waals surface area (Å²) < 4.78 is 1.05. The van der Waals surface area contributed by atoms with Gasteiger partial charge in [-0.15, -0.1) is 11.3 Å². The number of benzene rings is 2. The lowest BCUT2D eigenvalue weighted by Gasteiger charge is -2.25. The molecule has 192 valence electrons. The van der Waals surface area contributed by atoms with Gasteiger partial charge in [-0.2, -0.15) is 0 Å². The van der Waals surface area contributed by atoms with Crippen molar-refractivity contribution in [1.82, 2.24) is 14.9 Å². The van der Waals surface area contributed by atoms with Crippen molar-refractivity contribution in [3.8, 4) is 0 Å². The van der Waals surface area contributed by atoms with E-state index in [-0.39, 0.29) is 18.7 Å². The summed E-state index contributed by atoms with van der Waals surface area (Å²) in [7, 11) is 0. The number of aliphatic carboxylic acids is 1. The summed E-state index contributed by atoms with van der Waals surface area (Å²) in [5, 5.41) is 24.8. The first-order valence-corrected chi connectivity index (χ1v) is 13.9. The molecule has 37 heavy (non-hydrogen) atoms. The summed E-state index contributed by atoms with van der Waals surface area (Å²) in [5.41, 5.74) is 2.05. The summed E-state index contributed by atoms with van der Waals surface area (Å²) in [4.78, 5) is 35.5. The molecule has 0 spiro atoms. The molecule has 3 N–H and O–H groups in total. The number of rotatable bonds is 8. The van der Waals surface area contributed by atoms with E-state index in [0.29, 0.717) is 50.8 Å². The zero-order valence-electron chi connectivity index (χ0n) is 19.4. The van der Waals surface area contributed by atoms with Crippen LogP contribution in [-0.2, 0) is 22.4 Å². The quantitative estimate of drug-likeness (QED) is 0.246. The highest BCUT2D eigenvalue weighted by atomic mass is 35.5. The normalized spacial score (nSPS) is 17.4. The maximum Gasteiger partial charge on any atom is 0.303 e. The fourth-order valence-corrected chi connectivity index (χ4v) is 6.71. The zero-order chi connectivity index (χ0) is 26.1. The van der Waals surface area contributed by atoms with Crippen LogP contribution in [0.15, 0.2) is 42.6 Å². The number of carboxylic acids is 1. The standard InChI is InChI=1S/C25H22Cl2N4O4S2/c26-15-11-18(30-25-29-17-3-1-2-4-20(17)37-25)16(27)9-13(15)10-21(33)31-8-7-19(32)23(31)24-28-12-14(36-24)5-6-22(34)35/h1-4,9,11-12,19,23,32H,5-8,10H2,(H,29,30)(H,34,35)/t19-,23-/m0/s1. The number of nitrogens with one attached hydrogen (secondary N) is 1. The first-order chi connectivity index (χ1) is 17.8. The Morgan fingerprint density at radius 1 is 1.16 bits per heavy atom. The molecule has 1 amide bonds. The third-order valence-corrected chi connectivity index (χ3v) is 8.85.